The Morgan fingerprint density at radius 3 is 2.54 bits per heavy atom. The number of aliphatic hydroxyl groups is 4. The van der Waals surface area contributed by atoms with E-state index in [4.69, 9.17) is 15.3 Å². The molecule has 4 N–H and O–H groups in total. The summed E-state index contributed by atoms with van der Waals surface area (Å²) in [5.74, 6) is -7.11. The van der Waals surface area contributed by atoms with Crippen molar-refractivity contribution in [1.29, 1.82) is 0 Å². The standard InChI is InChI=1S/C6H8O7/c7-2-1-12-6(11)3(2)13-4(8)5(6,9)10/h2-3,7,9-11H,1H2/t2-,3+,6-/m0/s1. The maximum Gasteiger partial charge on any atom is 0.373 e. The summed E-state index contributed by atoms with van der Waals surface area (Å²) in [5, 5.41) is 36.8. The van der Waals surface area contributed by atoms with Crippen LogP contribution >= 0.6 is 0 Å². The van der Waals surface area contributed by atoms with E-state index in [1.54, 1.807) is 0 Å². The fourth-order valence-corrected chi connectivity index (χ4v) is 1.44. The van der Waals surface area contributed by atoms with Crippen LogP contribution in [0.15, 0.2) is 0 Å². The number of rotatable bonds is 0. The Labute approximate surface area is 72.1 Å². The first-order chi connectivity index (χ1) is 5.89. The number of aliphatic hydroxyl groups excluding tert-OH is 1. The van der Waals surface area contributed by atoms with Crippen LogP contribution in [0.1, 0.15) is 0 Å². The average Bonchev–Trinajstić information content (AvgIpc) is 2.40. The molecule has 0 amide bonds. The highest BCUT2D eigenvalue weighted by Crippen LogP contribution is 2.41. The minimum absolute atomic E-state index is 0.322. The van der Waals surface area contributed by atoms with E-state index in [0.29, 0.717) is 0 Å². The summed E-state index contributed by atoms with van der Waals surface area (Å²) >= 11 is 0. The van der Waals surface area contributed by atoms with Gasteiger partial charge in [0.15, 0.2) is 6.10 Å². The van der Waals surface area contributed by atoms with Gasteiger partial charge in [-0.15, -0.1) is 0 Å². The Morgan fingerprint density at radius 1 is 1.38 bits per heavy atom. The van der Waals surface area contributed by atoms with E-state index in [1.165, 1.54) is 0 Å². The molecule has 7 heteroatoms. The number of esters is 1. The molecule has 0 saturated carbocycles. The first kappa shape index (κ1) is 8.85. The van der Waals surface area contributed by atoms with Crippen molar-refractivity contribution in [3.8, 4) is 0 Å². The molecule has 3 atom stereocenters. The maximum absolute atomic E-state index is 10.8. The van der Waals surface area contributed by atoms with Crippen molar-refractivity contribution in [1.82, 2.24) is 0 Å². The minimum Gasteiger partial charge on any atom is -0.449 e. The zero-order valence-corrected chi connectivity index (χ0v) is 6.38. The van der Waals surface area contributed by atoms with Crippen molar-refractivity contribution in [2.45, 2.75) is 23.8 Å². The molecule has 13 heavy (non-hydrogen) atoms. The molecule has 0 aliphatic carbocycles. The molecule has 2 heterocycles. The molecule has 2 saturated heterocycles. The Balaban J connectivity index is 2.41. The summed E-state index contributed by atoms with van der Waals surface area (Å²) < 4.78 is 8.87. The zero-order valence-electron chi connectivity index (χ0n) is 6.38. The summed E-state index contributed by atoms with van der Waals surface area (Å²) in [4.78, 5) is 10.8. The fourth-order valence-electron chi connectivity index (χ4n) is 1.44. The quantitative estimate of drug-likeness (QED) is 0.234. The smallest absolute Gasteiger partial charge is 0.373 e. The summed E-state index contributed by atoms with van der Waals surface area (Å²) in [6, 6.07) is 0. The molecule has 2 fully saturated rings. The molecular formula is C6H8O7. The van der Waals surface area contributed by atoms with Gasteiger partial charge in [0.05, 0.1) is 6.61 Å². The van der Waals surface area contributed by atoms with E-state index in [2.05, 4.69) is 9.47 Å². The van der Waals surface area contributed by atoms with Crippen LogP contribution in [0, 0.1) is 0 Å². The van der Waals surface area contributed by atoms with Gasteiger partial charge >= 0.3 is 11.8 Å². The van der Waals surface area contributed by atoms with Crippen LogP contribution < -0.4 is 0 Å². The van der Waals surface area contributed by atoms with Gasteiger partial charge in [0, 0.05) is 0 Å². The SMILES string of the molecule is O=C1O[C@@H]2[C@@H](O)CO[C@]2(O)C1(O)O. The minimum atomic E-state index is -3.12. The lowest BCUT2D eigenvalue weighted by molar-refractivity contribution is -0.329. The van der Waals surface area contributed by atoms with Gasteiger partial charge in [-0.25, -0.2) is 4.79 Å². The van der Waals surface area contributed by atoms with Gasteiger partial charge in [-0.1, -0.05) is 0 Å². The predicted octanol–water partition coefficient (Wildman–Crippen LogP) is -3.33. The molecule has 0 bridgehead atoms. The third-order valence-corrected chi connectivity index (χ3v) is 2.23. The average molecular weight is 192 g/mol. The molecular weight excluding hydrogens is 184 g/mol. The normalized spacial score (nSPS) is 47.5. The summed E-state index contributed by atoms with van der Waals surface area (Å²) in [6.07, 6.45) is -2.70. The first-order valence-electron chi connectivity index (χ1n) is 3.60. The summed E-state index contributed by atoms with van der Waals surface area (Å²) in [7, 11) is 0. The van der Waals surface area contributed by atoms with Gasteiger partial charge in [0.25, 0.3) is 5.79 Å². The lowest BCUT2D eigenvalue weighted by Gasteiger charge is -2.26. The molecule has 0 aromatic rings. The molecule has 0 aromatic carbocycles. The second kappa shape index (κ2) is 2.20. The first-order valence-corrected chi connectivity index (χ1v) is 3.60. The van der Waals surface area contributed by atoms with Gasteiger partial charge in [0.2, 0.25) is 0 Å². The second-order valence-electron chi connectivity index (χ2n) is 3.07. The third-order valence-electron chi connectivity index (χ3n) is 2.23. The van der Waals surface area contributed by atoms with E-state index in [9.17, 15) is 9.90 Å². The lowest BCUT2D eigenvalue weighted by atomic mass is 10.0. The van der Waals surface area contributed by atoms with Crippen LogP contribution in [0.25, 0.3) is 0 Å². The van der Waals surface area contributed by atoms with E-state index in [0.717, 1.165) is 0 Å². The van der Waals surface area contributed by atoms with Gasteiger partial charge < -0.3 is 29.9 Å². The molecule has 0 aromatic heterocycles. The van der Waals surface area contributed by atoms with Crippen molar-refractivity contribution in [3.05, 3.63) is 0 Å². The van der Waals surface area contributed by atoms with Crippen molar-refractivity contribution in [2.75, 3.05) is 6.61 Å². The number of carbonyl (C=O) groups excluding carboxylic acids is 1. The van der Waals surface area contributed by atoms with Crippen LogP contribution in [0.4, 0.5) is 0 Å². The van der Waals surface area contributed by atoms with E-state index in [1.807, 2.05) is 0 Å². The maximum atomic E-state index is 10.8. The Bertz CT molecular complexity index is 262. The van der Waals surface area contributed by atoms with Crippen LogP contribution in [-0.2, 0) is 14.3 Å². The summed E-state index contributed by atoms with van der Waals surface area (Å²) in [6.45, 7) is -0.322. The largest absolute Gasteiger partial charge is 0.449 e. The highest BCUT2D eigenvalue weighted by molar-refractivity contribution is 5.81. The molecule has 0 spiro atoms. The number of hydrogen-bond donors (Lipinski definition) is 4. The van der Waals surface area contributed by atoms with Crippen molar-refractivity contribution in [3.63, 3.8) is 0 Å². The molecule has 2 aliphatic heterocycles. The van der Waals surface area contributed by atoms with Crippen molar-refractivity contribution in [2.24, 2.45) is 0 Å². The van der Waals surface area contributed by atoms with Gasteiger partial charge in [-0.2, -0.15) is 0 Å². The molecule has 2 rings (SSSR count). The number of fused-ring (bicyclic) bond motifs is 1. The molecule has 0 unspecified atom stereocenters. The highest BCUT2D eigenvalue weighted by atomic mass is 16.8. The number of hydrogen-bond acceptors (Lipinski definition) is 7. The Hall–Kier alpha value is -0.730. The van der Waals surface area contributed by atoms with Gasteiger partial charge in [-0.3, -0.25) is 0 Å². The van der Waals surface area contributed by atoms with Crippen molar-refractivity contribution >= 4 is 5.97 Å². The second-order valence-corrected chi connectivity index (χ2v) is 3.07. The third kappa shape index (κ3) is 0.825. The molecule has 0 radical (unpaired) electrons. The van der Waals surface area contributed by atoms with E-state index >= 15 is 0 Å². The van der Waals surface area contributed by atoms with Crippen molar-refractivity contribution < 1.29 is 34.7 Å². The van der Waals surface area contributed by atoms with Gasteiger partial charge in [-0.05, 0) is 0 Å². The predicted molar refractivity (Wildman–Crippen MR) is 34.0 cm³/mol. The zero-order chi connectivity index (χ0) is 9.85. The monoisotopic (exact) mass is 192 g/mol. The Kier molecular flexibility index (Phi) is 1.49. The topological polar surface area (TPSA) is 116 Å². The molecule has 2 aliphatic rings. The van der Waals surface area contributed by atoms with Gasteiger partial charge in [0.1, 0.15) is 6.10 Å². The lowest BCUT2D eigenvalue weighted by Crippen LogP contribution is -2.57. The molecule has 7 nitrogen and oxygen atoms in total. The van der Waals surface area contributed by atoms with E-state index in [-0.39, 0.29) is 6.61 Å². The van der Waals surface area contributed by atoms with E-state index < -0.39 is 29.8 Å². The summed E-state index contributed by atoms with van der Waals surface area (Å²) in [5.41, 5.74) is 0. The van der Waals surface area contributed by atoms with Crippen LogP contribution in [0.3, 0.4) is 0 Å². The number of ether oxygens (including phenoxy) is 2. The highest BCUT2D eigenvalue weighted by Gasteiger charge is 2.73. The number of carbonyl (C=O) groups is 1. The fraction of sp³-hybridized carbons (Fsp3) is 0.833. The van der Waals surface area contributed by atoms with Crippen LogP contribution in [-0.4, -0.2) is 56.8 Å². The van der Waals surface area contributed by atoms with Crippen LogP contribution in [0.2, 0.25) is 0 Å². The molecule has 74 valence electrons. The Morgan fingerprint density at radius 2 is 2.00 bits per heavy atom. The van der Waals surface area contributed by atoms with Crippen LogP contribution in [0.5, 0.6) is 0 Å².